The molecular formula is C25H31N3O6. The first-order chi connectivity index (χ1) is 16.2. The minimum Gasteiger partial charge on any atom is -0.480 e. The zero-order valence-electron chi connectivity index (χ0n) is 18.9. The van der Waals surface area contributed by atoms with E-state index in [2.05, 4.69) is 10.6 Å². The van der Waals surface area contributed by atoms with Crippen molar-refractivity contribution in [3.8, 4) is 0 Å². The zero-order chi connectivity index (χ0) is 24.9. The summed E-state index contributed by atoms with van der Waals surface area (Å²) in [5.41, 5.74) is 7.57. The quantitative estimate of drug-likeness (QED) is 0.280. The number of carboxylic acids is 2. The summed E-state index contributed by atoms with van der Waals surface area (Å²) in [5, 5.41) is 23.8. The van der Waals surface area contributed by atoms with Gasteiger partial charge in [0.15, 0.2) is 0 Å². The molecule has 0 spiro atoms. The second-order valence-corrected chi connectivity index (χ2v) is 8.15. The monoisotopic (exact) mass is 469 g/mol. The van der Waals surface area contributed by atoms with Crippen LogP contribution in [-0.2, 0) is 32.0 Å². The number of benzene rings is 2. The van der Waals surface area contributed by atoms with E-state index in [9.17, 15) is 29.4 Å². The number of hydrogen-bond donors (Lipinski definition) is 5. The lowest BCUT2D eigenvalue weighted by atomic mass is 10.0. The van der Waals surface area contributed by atoms with Gasteiger partial charge in [0, 0.05) is 31.7 Å². The van der Waals surface area contributed by atoms with E-state index < -0.39 is 41.9 Å². The maximum Gasteiger partial charge on any atom is 0.326 e. The number of nitrogens with two attached hydrogens (primary N) is 1. The van der Waals surface area contributed by atoms with E-state index in [1.807, 2.05) is 12.1 Å². The van der Waals surface area contributed by atoms with Crippen LogP contribution in [0.3, 0.4) is 0 Å². The maximum absolute atomic E-state index is 12.3. The molecular weight excluding hydrogens is 438 g/mol. The van der Waals surface area contributed by atoms with E-state index >= 15 is 0 Å². The number of hydrogen-bond acceptors (Lipinski definition) is 5. The van der Waals surface area contributed by atoms with Crippen LogP contribution in [0.25, 0.3) is 0 Å². The largest absolute Gasteiger partial charge is 0.480 e. The Labute approximate surface area is 198 Å². The van der Waals surface area contributed by atoms with Crippen molar-refractivity contribution in [1.29, 1.82) is 0 Å². The smallest absolute Gasteiger partial charge is 0.326 e. The van der Waals surface area contributed by atoms with Crippen molar-refractivity contribution in [2.24, 2.45) is 5.73 Å². The first-order valence-electron chi connectivity index (χ1n) is 11.1. The van der Waals surface area contributed by atoms with E-state index in [1.54, 1.807) is 48.5 Å². The zero-order valence-corrected chi connectivity index (χ0v) is 18.9. The van der Waals surface area contributed by atoms with E-state index in [-0.39, 0.29) is 25.7 Å². The number of carboxylic acid groups (broad SMARTS) is 2. The summed E-state index contributed by atoms with van der Waals surface area (Å²) >= 11 is 0. The first kappa shape index (κ1) is 26.5. The average Bonchev–Trinajstić information content (AvgIpc) is 2.79. The van der Waals surface area contributed by atoms with Crippen molar-refractivity contribution in [3.05, 3.63) is 71.8 Å². The van der Waals surface area contributed by atoms with Crippen LogP contribution in [0.15, 0.2) is 60.7 Å². The normalized spacial score (nSPS) is 13.3. The van der Waals surface area contributed by atoms with Gasteiger partial charge in [-0.1, -0.05) is 60.7 Å². The molecule has 9 heteroatoms. The summed E-state index contributed by atoms with van der Waals surface area (Å²) in [6, 6.07) is 15.3. The summed E-state index contributed by atoms with van der Waals surface area (Å²) in [4.78, 5) is 47.4. The Hall–Kier alpha value is -3.72. The molecule has 2 rings (SSSR count). The number of nitrogens with one attached hydrogen (secondary N) is 2. The topological polar surface area (TPSA) is 159 Å². The molecule has 0 unspecified atom stereocenters. The van der Waals surface area contributed by atoms with Crippen LogP contribution in [0.2, 0.25) is 0 Å². The molecule has 0 aliphatic rings. The van der Waals surface area contributed by atoms with Crippen LogP contribution in [-0.4, -0.2) is 52.1 Å². The Bertz CT molecular complexity index is 952. The van der Waals surface area contributed by atoms with Gasteiger partial charge in [-0.3, -0.25) is 9.59 Å². The predicted molar refractivity (Wildman–Crippen MR) is 126 cm³/mol. The van der Waals surface area contributed by atoms with Gasteiger partial charge in [-0.15, -0.1) is 0 Å². The molecule has 0 saturated heterocycles. The highest BCUT2D eigenvalue weighted by Crippen LogP contribution is 2.08. The van der Waals surface area contributed by atoms with Crippen molar-refractivity contribution in [2.45, 2.75) is 56.7 Å². The van der Waals surface area contributed by atoms with Crippen LogP contribution in [0.1, 0.15) is 36.8 Å². The molecule has 34 heavy (non-hydrogen) atoms. The van der Waals surface area contributed by atoms with Gasteiger partial charge in [-0.2, -0.15) is 0 Å². The Morgan fingerprint density at radius 1 is 0.735 bits per heavy atom. The van der Waals surface area contributed by atoms with E-state index in [1.165, 1.54) is 0 Å². The van der Waals surface area contributed by atoms with Crippen molar-refractivity contribution < 1.29 is 29.4 Å². The van der Waals surface area contributed by atoms with Gasteiger partial charge >= 0.3 is 11.9 Å². The molecule has 6 N–H and O–H groups in total. The molecule has 2 aromatic rings. The molecule has 0 bridgehead atoms. The molecule has 3 atom stereocenters. The SMILES string of the molecule is N[C@H](CCCC(=O)N[C@@H](Cc1ccccc1)C(=O)O)CC(=O)N[C@@H](Cc1ccccc1)C(=O)O. The lowest BCUT2D eigenvalue weighted by molar-refractivity contribution is -0.142. The summed E-state index contributed by atoms with van der Waals surface area (Å²) in [6.45, 7) is 0. The molecule has 0 radical (unpaired) electrons. The lowest BCUT2D eigenvalue weighted by Crippen LogP contribution is -2.44. The van der Waals surface area contributed by atoms with Crippen molar-refractivity contribution >= 4 is 23.8 Å². The molecule has 2 aromatic carbocycles. The second-order valence-electron chi connectivity index (χ2n) is 8.15. The van der Waals surface area contributed by atoms with Gasteiger partial charge in [0.2, 0.25) is 11.8 Å². The molecule has 182 valence electrons. The number of amides is 2. The molecule has 2 amide bonds. The third kappa shape index (κ3) is 9.83. The highest BCUT2D eigenvalue weighted by molar-refractivity contribution is 5.84. The summed E-state index contributed by atoms with van der Waals surface area (Å²) in [5.74, 6) is -3.14. The highest BCUT2D eigenvalue weighted by atomic mass is 16.4. The van der Waals surface area contributed by atoms with Crippen molar-refractivity contribution in [3.63, 3.8) is 0 Å². The fourth-order valence-corrected chi connectivity index (χ4v) is 3.48. The van der Waals surface area contributed by atoms with Crippen LogP contribution in [0.4, 0.5) is 0 Å². The lowest BCUT2D eigenvalue weighted by Gasteiger charge is -2.17. The van der Waals surface area contributed by atoms with Crippen molar-refractivity contribution in [2.75, 3.05) is 0 Å². The van der Waals surface area contributed by atoms with E-state index in [4.69, 9.17) is 5.73 Å². The van der Waals surface area contributed by atoms with Crippen LogP contribution >= 0.6 is 0 Å². The second kappa shape index (κ2) is 13.7. The Kier molecular flexibility index (Phi) is 10.7. The summed E-state index contributed by atoms with van der Waals surface area (Å²) < 4.78 is 0. The minimum atomic E-state index is -1.13. The minimum absolute atomic E-state index is 0.0691. The Balaban J connectivity index is 1.73. The van der Waals surface area contributed by atoms with Gasteiger partial charge in [-0.25, -0.2) is 9.59 Å². The Morgan fingerprint density at radius 3 is 1.62 bits per heavy atom. The van der Waals surface area contributed by atoms with Crippen LogP contribution < -0.4 is 16.4 Å². The number of carbonyl (C=O) groups excluding carboxylic acids is 2. The van der Waals surface area contributed by atoms with E-state index in [0.717, 1.165) is 11.1 Å². The Morgan fingerprint density at radius 2 is 1.18 bits per heavy atom. The van der Waals surface area contributed by atoms with Crippen LogP contribution in [0, 0.1) is 0 Å². The number of rotatable bonds is 14. The molecule has 0 saturated carbocycles. The van der Waals surface area contributed by atoms with Gasteiger partial charge in [0.1, 0.15) is 12.1 Å². The number of aliphatic carboxylic acids is 2. The maximum atomic E-state index is 12.3. The highest BCUT2D eigenvalue weighted by Gasteiger charge is 2.22. The first-order valence-corrected chi connectivity index (χ1v) is 11.1. The molecule has 0 fully saturated rings. The summed E-state index contributed by atoms with van der Waals surface area (Å²) in [6.07, 6.45) is 1.05. The van der Waals surface area contributed by atoms with Crippen LogP contribution in [0.5, 0.6) is 0 Å². The third-order valence-electron chi connectivity index (χ3n) is 5.26. The standard InChI is InChI=1S/C25H31N3O6/c26-19(16-23(30)28-21(25(33)34)15-18-10-5-2-6-11-18)12-7-13-22(29)27-20(24(31)32)14-17-8-3-1-4-9-17/h1-6,8-11,19-21H,7,12-16,26H2,(H,27,29)(H,28,30)(H,31,32)(H,33,34)/t19-,20+,21+/m1/s1. The average molecular weight is 470 g/mol. The fourth-order valence-electron chi connectivity index (χ4n) is 3.48. The molecule has 0 aliphatic heterocycles. The molecule has 0 aromatic heterocycles. The predicted octanol–water partition coefficient (Wildman–Crippen LogP) is 1.50. The summed E-state index contributed by atoms with van der Waals surface area (Å²) in [7, 11) is 0. The molecule has 0 aliphatic carbocycles. The van der Waals surface area contributed by atoms with E-state index in [0.29, 0.717) is 12.8 Å². The van der Waals surface area contributed by atoms with Gasteiger partial charge in [0.05, 0.1) is 0 Å². The van der Waals surface area contributed by atoms with Gasteiger partial charge in [-0.05, 0) is 24.0 Å². The third-order valence-corrected chi connectivity index (χ3v) is 5.26. The molecule has 0 heterocycles. The van der Waals surface area contributed by atoms with Crippen molar-refractivity contribution in [1.82, 2.24) is 10.6 Å². The van der Waals surface area contributed by atoms with Gasteiger partial charge < -0.3 is 26.6 Å². The molecule has 9 nitrogen and oxygen atoms in total. The number of carbonyl (C=O) groups is 4. The van der Waals surface area contributed by atoms with Gasteiger partial charge in [0.25, 0.3) is 0 Å². The fraction of sp³-hybridized carbons (Fsp3) is 0.360.